The molecule has 0 spiro atoms. The van der Waals surface area contributed by atoms with Crippen molar-refractivity contribution in [1.29, 1.82) is 0 Å². The van der Waals surface area contributed by atoms with Crippen LogP contribution in [0.4, 0.5) is 0 Å². The number of rotatable bonds is 3. The quantitative estimate of drug-likeness (QED) is 0.727. The summed E-state index contributed by atoms with van der Waals surface area (Å²) in [5.74, 6) is 0. The monoisotopic (exact) mass is 198 g/mol. The fourth-order valence-electron chi connectivity index (χ4n) is 2.66. The minimum atomic E-state index is 0.148. The smallest absolute Gasteiger partial charge is 0.0829 e. The van der Waals surface area contributed by atoms with Gasteiger partial charge in [-0.3, -0.25) is 0 Å². The first-order valence-corrected chi connectivity index (χ1v) is 5.83. The SMILES string of the molecule is COC1(CN2CCCC2)CCNCC1. The van der Waals surface area contributed by atoms with Crippen LogP contribution in [-0.2, 0) is 4.74 Å². The van der Waals surface area contributed by atoms with Gasteiger partial charge in [-0.15, -0.1) is 0 Å². The van der Waals surface area contributed by atoms with Gasteiger partial charge in [0.2, 0.25) is 0 Å². The molecule has 0 aromatic carbocycles. The largest absolute Gasteiger partial charge is 0.377 e. The molecule has 0 bridgehead atoms. The van der Waals surface area contributed by atoms with E-state index in [-0.39, 0.29) is 5.60 Å². The summed E-state index contributed by atoms with van der Waals surface area (Å²) in [7, 11) is 1.88. The van der Waals surface area contributed by atoms with Crippen LogP contribution in [0.15, 0.2) is 0 Å². The van der Waals surface area contributed by atoms with E-state index in [9.17, 15) is 0 Å². The highest BCUT2D eigenvalue weighted by molar-refractivity contribution is 4.89. The minimum Gasteiger partial charge on any atom is -0.377 e. The lowest BCUT2D eigenvalue weighted by Crippen LogP contribution is -2.50. The molecular weight excluding hydrogens is 176 g/mol. The fourth-order valence-corrected chi connectivity index (χ4v) is 2.66. The van der Waals surface area contributed by atoms with Gasteiger partial charge in [-0.1, -0.05) is 0 Å². The van der Waals surface area contributed by atoms with E-state index in [2.05, 4.69) is 10.2 Å². The van der Waals surface area contributed by atoms with Crippen LogP contribution in [0, 0.1) is 0 Å². The lowest BCUT2D eigenvalue weighted by Gasteiger charge is -2.39. The number of nitrogens with one attached hydrogen (secondary N) is 1. The number of methoxy groups -OCH3 is 1. The van der Waals surface area contributed by atoms with Crippen LogP contribution in [0.1, 0.15) is 25.7 Å². The van der Waals surface area contributed by atoms with Crippen molar-refractivity contribution in [3.05, 3.63) is 0 Å². The van der Waals surface area contributed by atoms with Crippen LogP contribution >= 0.6 is 0 Å². The molecule has 0 aromatic heterocycles. The Hall–Kier alpha value is -0.120. The van der Waals surface area contributed by atoms with Gasteiger partial charge in [-0.2, -0.15) is 0 Å². The molecule has 0 aromatic rings. The predicted octanol–water partition coefficient (Wildman–Crippen LogP) is 0.851. The minimum absolute atomic E-state index is 0.148. The maximum Gasteiger partial charge on any atom is 0.0829 e. The lowest BCUT2D eigenvalue weighted by atomic mass is 9.91. The third-order valence-electron chi connectivity index (χ3n) is 3.66. The second-order valence-electron chi connectivity index (χ2n) is 4.62. The molecule has 1 N–H and O–H groups in total. The van der Waals surface area contributed by atoms with Crippen molar-refractivity contribution in [2.24, 2.45) is 0 Å². The standard InChI is InChI=1S/C11H22N2O/c1-14-11(4-6-12-7-5-11)10-13-8-2-3-9-13/h12H,2-10H2,1H3. The Kier molecular flexibility index (Phi) is 3.42. The predicted molar refractivity (Wildman–Crippen MR) is 57.5 cm³/mol. The van der Waals surface area contributed by atoms with Gasteiger partial charge in [-0.05, 0) is 51.9 Å². The van der Waals surface area contributed by atoms with Gasteiger partial charge >= 0.3 is 0 Å². The van der Waals surface area contributed by atoms with Crippen LogP contribution in [0.5, 0.6) is 0 Å². The number of nitrogens with zero attached hydrogens (tertiary/aromatic N) is 1. The van der Waals surface area contributed by atoms with E-state index in [4.69, 9.17) is 4.74 Å². The van der Waals surface area contributed by atoms with Crippen LogP contribution in [0.3, 0.4) is 0 Å². The molecule has 0 radical (unpaired) electrons. The summed E-state index contributed by atoms with van der Waals surface area (Å²) in [5.41, 5.74) is 0.148. The van der Waals surface area contributed by atoms with Crippen LogP contribution in [-0.4, -0.2) is 50.3 Å². The number of hydrogen-bond acceptors (Lipinski definition) is 3. The zero-order valence-corrected chi connectivity index (χ0v) is 9.22. The summed E-state index contributed by atoms with van der Waals surface area (Å²) < 4.78 is 5.76. The molecule has 2 rings (SSSR count). The first-order valence-electron chi connectivity index (χ1n) is 5.83. The third kappa shape index (κ3) is 2.27. The Morgan fingerprint density at radius 2 is 1.86 bits per heavy atom. The topological polar surface area (TPSA) is 24.5 Å². The average Bonchev–Trinajstić information content (AvgIpc) is 2.72. The molecule has 14 heavy (non-hydrogen) atoms. The Balaban J connectivity index is 1.89. The van der Waals surface area contributed by atoms with Crippen molar-refractivity contribution < 1.29 is 4.74 Å². The summed E-state index contributed by atoms with van der Waals surface area (Å²) in [6, 6.07) is 0. The third-order valence-corrected chi connectivity index (χ3v) is 3.66. The fraction of sp³-hybridized carbons (Fsp3) is 1.00. The number of ether oxygens (including phenoxy) is 1. The molecule has 0 unspecified atom stereocenters. The second-order valence-corrected chi connectivity index (χ2v) is 4.62. The number of piperidine rings is 1. The maximum absolute atomic E-state index is 5.76. The maximum atomic E-state index is 5.76. The molecule has 0 atom stereocenters. The summed E-state index contributed by atoms with van der Waals surface area (Å²) >= 11 is 0. The van der Waals surface area contributed by atoms with E-state index in [1.165, 1.54) is 38.8 Å². The molecule has 2 saturated heterocycles. The van der Waals surface area contributed by atoms with E-state index in [1.807, 2.05) is 7.11 Å². The van der Waals surface area contributed by atoms with E-state index in [0.717, 1.165) is 19.6 Å². The highest BCUT2D eigenvalue weighted by Gasteiger charge is 2.34. The molecule has 0 saturated carbocycles. The highest BCUT2D eigenvalue weighted by Crippen LogP contribution is 2.25. The van der Waals surface area contributed by atoms with Crippen molar-refractivity contribution in [3.8, 4) is 0 Å². The lowest BCUT2D eigenvalue weighted by molar-refractivity contribution is -0.0535. The molecular formula is C11H22N2O. The van der Waals surface area contributed by atoms with Gasteiger partial charge in [-0.25, -0.2) is 0 Å². The van der Waals surface area contributed by atoms with E-state index in [1.54, 1.807) is 0 Å². The first kappa shape index (κ1) is 10.4. The Bertz CT molecular complexity index is 172. The zero-order valence-electron chi connectivity index (χ0n) is 9.22. The molecule has 2 aliphatic heterocycles. The average molecular weight is 198 g/mol. The normalized spacial score (nSPS) is 28.1. The Morgan fingerprint density at radius 3 is 2.43 bits per heavy atom. The Morgan fingerprint density at radius 1 is 1.21 bits per heavy atom. The summed E-state index contributed by atoms with van der Waals surface area (Å²) in [6.45, 7) is 5.92. The highest BCUT2D eigenvalue weighted by atomic mass is 16.5. The van der Waals surface area contributed by atoms with Gasteiger partial charge in [0.25, 0.3) is 0 Å². The van der Waals surface area contributed by atoms with Crippen LogP contribution < -0.4 is 5.32 Å². The molecule has 0 amide bonds. The first-order chi connectivity index (χ1) is 6.85. The van der Waals surface area contributed by atoms with Gasteiger partial charge in [0.15, 0.2) is 0 Å². The van der Waals surface area contributed by atoms with Gasteiger partial charge in [0.05, 0.1) is 5.60 Å². The van der Waals surface area contributed by atoms with Gasteiger partial charge < -0.3 is 15.0 Å². The molecule has 2 fully saturated rings. The van der Waals surface area contributed by atoms with Gasteiger partial charge in [0, 0.05) is 13.7 Å². The second kappa shape index (κ2) is 4.60. The summed E-state index contributed by atoms with van der Waals surface area (Å²) in [4.78, 5) is 2.56. The number of likely N-dealkylation sites (tertiary alicyclic amines) is 1. The Labute approximate surface area is 86.8 Å². The van der Waals surface area contributed by atoms with Crippen molar-refractivity contribution in [2.45, 2.75) is 31.3 Å². The van der Waals surface area contributed by atoms with E-state index >= 15 is 0 Å². The summed E-state index contributed by atoms with van der Waals surface area (Å²) in [6.07, 6.45) is 5.08. The zero-order chi connectivity index (χ0) is 9.86. The molecule has 82 valence electrons. The van der Waals surface area contributed by atoms with Crippen molar-refractivity contribution in [1.82, 2.24) is 10.2 Å². The molecule has 2 heterocycles. The van der Waals surface area contributed by atoms with E-state index < -0.39 is 0 Å². The van der Waals surface area contributed by atoms with Crippen LogP contribution in [0.25, 0.3) is 0 Å². The molecule has 3 heteroatoms. The van der Waals surface area contributed by atoms with Crippen molar-refractivity contribution in [2.75, 3.05) is 39.8 Å². The molecule has 0 aliphatic carbocycles. The van der Waals surface area contributed by atoms with Gasteiger partial charge in [0.1, 0.15) is 0 Å². The van der Waals surface area contributed by atoms with Crippen LogP contribution in [0.2, 0.25) is 0 Å². The summed E-state index contributed by atoms with van der Waals surface area (Å²) in [5, 5.41) is 3.40. The van der Waals surface area contributed by atoms with E-state index in [0.29, 0.717) is 0 Å². The van der Waals surface area contributed by atoms with Crippen molar-refractivity contribution in [3.63, 3.8) is 0 Å². The molecule has 3 nitrogen and oxygen atoms in total. The molecule has 2 aliphatic rings. The van der Waals surface area contributed by atoms with Crippen molar-refractivity contribution >= 4 is 0 Å². The number of hydrogen-bond donors (Lipinski definition) is 1.